The molecule has 0 radical (unpaired) electrons. The van der Waals surface area contributed by atoms with Crippen molar-refractivity contribution in [1.29, 1.82) is 0 Å². The smallest absolute Gasteiger partial charge is 0.251 e. The lowest BCUT2D eigenvalue weighted by Crippen LogP contribution is -2.39. The molecular formula is C18H21N5O2. The molecule has 1 aliphatic heterocycles. The fourth-order valence-electron chi connectivity index (χ4n) is 3.18. The first kappa shape index (κ1) is 15.8. The van der Waals surface area contributed by atoms with Crippen molar-refractivity contribution in [2.24, 2.45) is 0 Å². The van der Waals surface area contributed by atoms with Crippen molar-refractivity contribution in [1.82, 2.24) is 25.2 Å². The number of hydrogen-bond acceptors (Lipinski definition) is 4. The lowest BCUT2D eigenvalue weighted by atomic mass is 10.2. The first-order chi connectivity index (χ1) is 12.2. The molecule has 7 nitrogen and oxygen atoms in total. The first-order valence-electron chi connectivity index (χ1n) is 8.73. The molecule has 2 aromatic rings. The maximum atomic E-state index is 12.3. The fourth-order valence-corrected chi connectivity index (χ4v) is 3.18. The molecule has 1 aromatic heterocycles. The molecule has 1 aliphatic carbocycles. The highest BCUT2D eigenvalue weighted by molar-refractivity contribution is 5.96. The van der Waals surface area contributed by atoms with Gasteiger partial charge < -0.3 is 10.2 Å². The molecule has 0 bridgehead atoms. The van der Waals surface area contributed by atoms with Crippen LogP contribution in [0, 0.1) is 0 Å². The van der Waals surface area contributed by atoms with Crippen molar-refractivity contribution in [2.75, 3.05) is 19.6 Å². The van der Waals surface area contributed by atoms with E-state index in [4.69, 9.17) is 0 Å². The van der Waals surface area contributed by atoms with E-state index in [1.54, 1.807) is 29.2 Å². The molecule has 2 fully saturated rings. The van der Waals surface area contributed by atoms with Gasteiger partial charge in [-0.15, -0.1) is 5.10 Å². The van der Waals surface area contributed by atoms with Gasteiger partial charge in [0.15, 0.2) is 0 Å². The largest absolute Gasteiger partial charge is 0.343 e. The quantitative estimate of drug-likeness (QED) is 0.892. The number of aromatic nitrogens is 3. The normalized spacial score (nSPS) is 19.8. The van der Waals surface area contributed by atoms with E-state index in [0.717, 1.165) is 12.1 Å². The molecule has 25 heavy (non-hydrogen) atoms. The third kappa shape index (κ3) is 3.55. The summed E-state index contributed by atoms with van der Waals surface area (Å²) in [4.78, 5) is 26.2. The maximum Gasteiger partial charge on any atom is 0.251 e. The number of hydrogen-bond donors (Lipinski definition) is 1. The van der Waals surface area contributed by atoms with Gasteiger partial charge in [0.1, 0.15) is 0 Å². The summed E-state index contributed by atoms with van der Waals surface area (Å²) in [5, 5.41) is 11.2. The van der Waals surface area contributed by atoms with Gasteiger partial charge in [-0.3, -0.25) is 9.59 Å². The van der Waals surface area contributed by atoms with Crippen LogP contribution in [0.15, 0.2) is 36.5 Å². The molecule has 130 valence electrons. The molecule has 1 atom stereocenters. The van der Waals surface area contributed by atoms with E-state index >= 15 is 0 Å². The minimum Gasteiger partial charge on any atom is -0.343 e. The van der Waals surface area contributed by atoms with E-state index in [2.05, 4.69) is 15.6 Å². The lowest BCUT2D eigenvalue weighted by molar-refractivity contribution is -0.129. The number of likely N-dealkylation sites (tertiary alicyclic amines) is 1. The summed E-state index contributed by atoms with van der Waals surface area (Å²) in [6, 6.07) is 9.09. The predicted octanol–water partition coefficient (Wildman–Crippen LogP) is 1.36. The Bertz CT molecular complexity index is 769. The highest BCUT2D eigenvalue weighted by Gasteiger charge is 2.31. The number of carbonyl (C=O) groups excluding carboxylic acids is 2. The van der Waals surface area contributed by atoms with E-state index in [0.29, 0.717) is 24.6 Å². The zero-order valence-corrected chi connectivity index (χ0v) is 14.0. The summed E-state index contributed by atoms with van der Waals surface area (Å²) < 4.78 is 1.89. The summed E-state index contributed by atoms with van der Waals surface area (Å²) in [6.07, 6.45) is 5.30. The summed E-state index contributed by atoms with van der Waals surface area (Å²) >= 11 is 0. The van der Waals surface area contributed by atoms with E-state index < -0.39 is 0 Å². The molecule has 2 amide bonds. The topological polar surface area (TPSA) is 80.1 Å². The average molecular weight is 339 g/mol. The van der Waals surface area contributed by atoms with E-state index in [1.165, 1.54) is 12.8 Å². The van der Waals surface area contributed by atoms with Crippen LogP contribution in [-0.4, -0.2) is 51.3 Å². The third-order valence-corrected chi connectivity index (χ3v) is 4.85. The second-order valence-corrected chi connectivity index (χ2v) is 6.73. The van der Waals surface area contributed by atoms with Crippen molar-refractivity contribution in [3.8, 4) is 0 Å². The van der Waals surface area contributed by atoms with Crippen molar-refractivity contribution >= 4 is 11.8 Å². The summed E-state index contributed by atoms with van der Waals surface area (Å²) in [7, 11) is 0. The standard InChI is InChI=1S/C18H21N5O2/c24-17(10-19-18(25)14-4-2-1-3-5-14)22-9-8-15(11-22)23-12-16(20-21-23)13-6-7-13/h1-5,12-13,15H,6-11H2,(H,19,25). The highest BCUT2D eigenvalue weighted by Crippen LogP contribution is 2.39. The fraction of sp³-hybridized carbons (Fsp3) is 0.444. The van der Waals surface area contributed by atoms with Gasteiger partial charge in [0.25, 0.3) is 5.91 Å². The molecule has 7 heteroatoms. The van der Waals surface area contributed by atoms with Crippen LogP contribution in [0.5, 0.6) is 0 Å². The third-order valence-electron chi connectivity index (χ3n) is 4.85. The monoisotopic (exact) mass is 339 g/mol. The number of nitrogens with one attached hydrogen (secondary N) is 1. The van der Waals surface area contributed by atoms with Gasteiger partial charge in [0.2, 0.25) is 5.91 Å². The molecule has 1 saturated heterocycles. The van der Waals surface area contributed by atoms with E-state index in [9.17, 15) is 9.59 Å². The average Bonchev–Trinajstić information content (AvgIpc) is 3.18. The zero-order chi connectivity index (χ0) is 17.2. The Hall–Kier alpha value is -2.70. The molecule has 4 rings (SSSR count). The number of rotatable bonds is 5. The van der Waals surface area contributed by atoms with Crippen molar-refractivity contribution < 1.29 is 9.59 Å². The Morgan fingerprint density at radius 1 is 1.16 bits per heavy atom. The van der Waals surface area contributed by atoms with Gasteiger partial charge >= 0.3 is 0 Å². The summed E-state index contributed by atoms with van der Waals surface area (Å²) in [6.45, 7) is 1.32. The number of benzene rings is 1. The van der Waals surface area contributed by atoms with Crippen molar-refractivity contribution in [3.63, 3.8) is 0 Å². The van der Waals surface area contributed by atoms with Crippen LogP contribution in [0.3, 0.4) is 0 Å². The zero-order valence-electron chi connectivity index (χ0n) is 14.0. The van der Waals surface area contributed by atoms with Crippen molar-refractivity contribution in [3.05, 3.63) is 47.8 Å². The molecule has 1 aromatic carbocycles. The number of nitrogens with zero attached hydrogens (tertiary/aromatic N) is 4. The van der Waals surface area contributed by atoms with Crippen LogP contribution in [0.25, 0.3) is 0 Å². The summed E-state index contributed by atoms with van der Waals surface area (Å²) in [5.74, 6) is 0.297. The van der Waals surface area contributed by atoms with Gasteiger partial charge in [0.05, 0.1) is 18.3 Å². The van der Waals surface area contributed by atoms with Crippen LogP contribution in [0.4, 0.5) is 0 Å². The van der Waals surface area contributed by atoms with Gasteiger partial charge in [0, 0.05) is 30.8 Å². The minimum atomic E-state index is -0.227. The molecule has 1 saturated carbocycles. The van der Waals surface area contributed by atoms with E-state index in [1.807, 2.05) is 16.9 Å². The highest BCUT2D eigenvalue weighted by atomic mass is 16.2. The first-order valence-corrected chi connectivity index (χ1v) is 8.73. The second kappa shape index (κ2) is 6.66. The summed E-state index contributed by atoms with van der Waals surface area (Å²) in [5.41, 5.74) is 1.63. The number of amides is 2. The van der Waals surface area contributed by atoms with Crippen LogP contribution >= 0.6 is 0 Å². The Labute approximate surface area is 146 Å². The minimum absolute atomic E-state index is 0.0190. The predicted molar refractivity (Wildman–Crippen MR) is 91.0 cm³/mol. The molecule has 0 spiro atoms. The molecular weight excluding hydrogens is 318 g/mol. The maximum absolute atomic E-state index is 12.3. The Kier molecular flexibility index (Phi) is 4.21. The second-order valence-electron chi connectivity index (χ2n) is 6.73. The molecule has 2 heterocycles. The van der Waals surface area contributed by atoms with Crippen LogP contribution in [0.1, 0.15) is 47.3 Å². The SMILES string of the molecule is O=C(NCC(=O)N1CCC(n2cc(C3CC3)nn2)C1)c1ccccc1. The van der Waals surface area contributed by atoms with Gasteiger partial charge in [-0.1, -0.05) is 23.4 Å². The lowest BCUT2D eigenvalue weighted by Gasteiger charge is -2.17. The Balaban J connectivity index is 1.29. The van der Waals surface area contributed by atoms with Gasteiger partial charge in [-0.25, -0.2) is 4.68 Å². The Morgan fingerprint density at radius 3 is 2.72 bits per heavy atom. The van der Waals surface area contributed by atoms with Gasteiger partial charge in [-0.05, 0) is 31.4 Å². The van der Waals surface area contributed by atoms with Crippen LogP contribution in [0.2, 0.25) is 0 Å². The van der Waals surface area contributed by atoms with Crippen LogP contribution in [-0.2, 0) is 4.79 Å². The number of carbonyl (C=O) groups is 2. The van der Waals surface area contributed by atoms with Crippen molar-refractivity contribution in [2.45, 2.75) is 31.2 Å². The molecule has 1 N–H and O–H groups in total. The molecule has 2 aliphatic rings. The Morgan fingerprint density at radius 2 is 1.96 bits per heavy atom. The van der Waals surface area contributed by atoms with E-state index in [-0.39, 0.29) is 24.4 Å². The molecule has 1 unspecified atom stereocenters. The van der Waals surface area contributed by atoms with Crippen LogP contribution < -0.4 is 5.32 Å². The van der Waals surface area contributed by atoms with Gasteiger partial charge in [-0.2, -0.15) is 0 Å².